The summed E-state index contributed by atoms with van der Waals surface area (Å²) in [5.74, 6) is -2.60. The number of aryl methyl sites for hydroxylation is 1. The molecule has 82 heavy (non-hydrogen) atoms. The number of β-amino-alcohol motifs (C(OH)–C–C–N with tert-alkyl or cyclic N) is 1. The van der Waals surface area contributed by atoms with Gasteiger partial charge in [0, 0.05) is 76.5 Å². The third-order valence-corrected chi connectivity index (χ3v) is 14.9. The SMILES string of the molecule is Cc1ncsc1-c1ccc(CNC(=O)[C@@H]2C[C@@H](O)CN2C(=O)[C@@H](NC(=O)CCOCCOCCOCCOCCNC(=O)c2ccc(-c3ccc(N4CCN(C)CC4)c(NC(=O)c4c[nH]c(=O)cc4C(F)(F)F)c3)cc2)C(C)(C)C)cc1. The minimum atomic E-state index is -4.94. The molecule has 7 rings (SSSR count). The highest BCUT2D eigenvalue weighted by Gasteiger charge is 2.44. The Kier molecular flexibility index (Phi) is 22.3. The van der Waals surface area contributed by atoms with Gasteiger partial charge in [0.25, 0.3) is 11.8 Å². The van der Waals surface area contributed by atoms with Crippen LogP contribution in [0.2, 0.25) is 0 Å². The number of likely N-dealkylation sites (tertiary alicyclic amines) is 1. The molecule has 2 aromatic heterocycles. The van der Waals surface area contributed by atoms with Crippen LogP contribution in [-0.2, 0) is 46.1 Å². The second kappa shape index (κ2) is 29.3. The van der Waals surface area contributed by atoms with Crippen LogP contribution in [0.4, 0.5) is 24.5 Å². The Morgan fingerprint density at radius 3 is 2.04 bits per heavy atom. The fourth-order valence-electron chi connectivity index (χ4n) is 9.32. The summed E-state index contributed by atoms with van der Waals surface area (Å²) in [6.07, 6.45) is -5.00. The number of hydrogen-bond acceptors (Lipinski definition) is 15. The molecule has 3 atom stereocenters. The fourth-order valence-corrected chi connectivity index (χ4v) is 10.1. The van der Waals surface area contributed by atoms with E-state index in [1.807, 2.05) is 70.0 Å². The highest BCUT2D eigenvalue weighted by molar-refractivity contribution is 7.13. The number of alkyl halides is 3. The normalized spacial score (nSPS) is 16.2. The first-order valence-corrected chi connectivity index (χ1v) is 28.0. The van der Waals surface area contributed by atoms with Crippen LogP contribution < -0.4 is 31.7 Å². The van der Waals surface area contributed by atoms with Crippen molar-refractivity contribution in [3.8, 4) is 21.6 Å². The number of amides is 5. The Labute approximate surface area is 478 Å². The van der Waals surface area contributed by atoms with Gasteiger partial charge in [0.1, 0.15) is 12.1 Å². The molecule has 2 saturated heterocycles. The minimum Gasteiger partial charge on any atom is -0.391 e. The summed E-state index contributed by atoms with van der Waals surface area (Å²) in [5, 5.41) is 21.8. The summed E-state index contributed by atoms with van der Waals surface area (Å²) in [6.45, 7) is 12.6. The zero-order valence-corrected chi connectivity index (χ0v) is 47.5. The Hall–Kier alpha value is -7.06. The van der Waals surface area contributed by atoms with Crippen LogP contribution in [0.25, 0.3) is 21.6 Å². The number of halogens is 3. The zero-order valence-electron chi connectivity index (χ0n) is 46.7. The number of rotatable bonds is 26. The van der Waals surface area contributed by atoms with Gasteiger partial charge in [-0.1, -0.05) is 63.2 Å². The number of likely N-dealkylation sites (N-methyl/N-ethyl adjacent to an activating group) is 1. The van der Waals surface area contributed by atoms with Crippen molar-refractivity contribution in [3.05, 3.63) is 123 Å². The standard InChI is InChI=1S/C58H72F3N9O11S/c1-37-51(82-36-65-37)40-8-6-38(7-9-40)33-64-55(76)48-31-43(71)35-70(48)56(77)52(57(2,3)4)67-49(72)16-22-78-24-26-80-28-29-81-27-25-79-23-17-62-53(74)41-12-10-39(11-13-41)42-14-15-47(69-20-18-68(5)19-21-69)46(30-42)66-54(75)44-34-63-50(73)32-45(44)58(59,60)61/h6-15,30,32,34,36,43,48,52,71H,16-29,31,33,35H2,1-5H3,(H,62,74)(H,63,73)(H,64,76)(H,66,75)(H,67,72)/t43-,48+,52-/m1/s1. The van der Waals surface area contributed by atoms with E-state index in [9.17, 15) is 47.0 Å². The number of nitrogens with one attached hydrogen (secondary N) is 5. The highest BCUT2D eigenvalue weighted by atomic mass is 32.1. The molecule has 6 N–H and O–H groups in total. The molecule has 0 aliphatic carbocycles. The van der Waals surface area contributed by atoms with Crippen LogP contribution >= 0.6 is 11.3 Å². The first kappa shape index (κ1) is 62.5. The van der Waals surface area contributed by atoms with Crippen LogP contribution in [0.5, 0.6) is 0 Å². The lowest BCUT2D eigenvalue weighted by atomic mass is 9.85. The van der Waals surface area contributed by atoms with E-state index >= 15 is 0 Å². The monoisotopic (exact) mass is 1160 g/mol. The Morgan fingerprint density at radius 1 is 0.793 bits per heavy atom. The molecule has 3 aromatic carbocycles. The number of nitrogens with zero attached hydrogens (tertiary/aromatic N) is 4. The summed E-state index contributed by atoms with van der Waals surface area (Å²) in [4.78, 5) is 91.6. The van der Waals surface area contributed by atoms with E-state index in [1.54, 1.807) is 53.2 Å². The van der Waals surface area contributed by atoms with Crippen LogP contribution in [0.15, 0.2) is 89.3 Å². The first-order valence-electron chi connectivity index (χ1n) is 27.1. The molecule has 4 heterocycles. The minimum absolute atomic E-state index is 0.0131. The molecule has 0 bridgehead atoms. The van der Waals surface area contributed by atoms with Gasteiger partial charge in [-0.25, -0.2) is 4.98 Å². The quantitative estimate of drug-likeness (QED) is 0.0375. The van der Waals surface area contributed by atoms with E-state index in [0.29, 0.717) is 61.4 Å². The van der Waals surface area contributed by atoms with Gasteiger partial charge >= 0.3 is 6.18 Å². The number of carbonyl (C=O) groups is 5. The Bertz CT molecular complexity index is 3020. The second-order valence-electron chi connectivity index (χ2n) is 21.1. The molecule has 5 aromatic rings. The number of anilines is 2. The number of hydrogen-bond donors (Lipinski definition) is 6. The molecule has 442 valence electrons. The van der Waals surface area contributed by atoms with Crippen LogP contribution in [0.1, 0.15) is 71.1 Å². The first-order chi connectivity index (χ1) is 39.2. The summed E-state index contributed by atoms with van der Waals surface area (Å²) in [5.41, 5.74) is 3.54. The van der Waals surface area contributed by atoms with Gasteiger partial charge < -0.3 is 65.0 Å². The van der Waals surface area contributed by atoms with Crippen LogP contribution in [-0.4, -0.2) is 172 Å². The van der Waals surface area contributed by atoms with Crippen molar-refractivity contribution in [2.24, 2.45) is 5.41 Å². The van der Waals surface area contributed by atoms with Crippen molar-refractivity contribution in [1.82, 2.24) is 35.7 Å². The van der Waals surface area contributed by atoms with E-state index in [1.165, 1.54) is 4.90 Å². The molecular weight excluding hydrogens is 1090 g/mol. The number of carbonyl (C=O) groups excluding carboxylic acids is 5. The maximum atomic E-state index is 14.0. The van der Waals surface area contributed by atoms with Gasteiger partial charge in [-0.15, -0.1) is 11.3 Å². The number of H-pyrrole nitrogens is 1. The molecule has 0 radical (unpaired) electrons. The van der Waals surface area contributed by atoms with Gasteiger partial charge in [-0.2, -0.15) is 13.2 Å². The summed E-state index contributed by atoms with van der Waals surface area (Å²) >= 11 is 1.56. The molecule has 2 fully saturated rings. The third-order valence-electron chi connectivity index (χ3n) is 13.9. The van der Waals surface area contributed by atoms with Gasteiger partial charge in [0.05, 0.1) is 97.5 Å². The predicted octanol–water partition coefficient (Wildman–Crippen LogP) is 5.49. The van der Waals surface area contributed by atoms with E-state index in [2.05, 4.69) is 36.1 Å². The lowest BCUT2D eigenvalue weighted by molar-refractivity contribution is -0.144. The third kappa shape index (κ3) is 17.7. The Balaban J connectivity index is 0.745. The van der Waals surface area contributed by atoms with Crippen molar-refractivity contribution in [1.29, 1.82) is 0 Å². The van der Waals surface area contributed by atoms with Crippen LogP contribution in [0, 0.1) is 12.3 Å². The predicted molar refractivity (Wildman–Crippen MR) is 303 cm³/mol. The molecule has 2 aliphatic rings. The van der Waals surface area contributed by atoms with Crippen LogP contribution in [0.3, 0.4) is 0 Å². The Morgan fingerprint density at radius 2 is 1.41 bits per heavy atom. The van der Waals surface area contributed by atoms with Gasteiger partial charge in [-0.3, -0.25) is 28.8 Å². The number of thiazole rings is 1. The maximum absolute atomic E-state index is 14.0. The van der Waals surface area contributed by atoms with E-state index in [-0.39, 0.29) is 83.0 Å². The number of aliphatic hydroxyl groups excluding tert-OH is 1. The highest BCUT2D eigenvalue weighted by Crippen LogP contribution is 2.36. The largest absolute Gasteiger partial charge is 0.417 e. The number of pyridine rings is 1. The van der Waals surface area contributed by atoms with Crippen molar-refractivity contribution in [2.75, 3.05) is 109 Å². The molecule has 0 saturated carbocycles. The van der Waals surface area contributed by atoms with Gasteiger partial charge in [-0.05, 0) is 65.9 Å². The van der Waals surface area contributed by atoms with Crippen molar-refractivity contribution >= 4 is 52.2 Å². The topological polar surface area (TPSA) is 246 Å². The van der Waals surface area contributed by atoms with Gasteiger partial charge in [0.15, 0.2) is 0 Å². The summed E-state index contributed by atoms with van der Waals surface area (Å²) < 4.78 is 63.9. The molecule has 2 aliphatic heterocycles. The molecule has 24 heteroatoms. The number of benzene rings is 3. The zero-order chi connectivity index (χ0) is 59.0. The van der Waals surface area contributed by atoms with Gasteiger partial charge in [0.2, 0.25) is 23.3 Å². The molecule has 0 spiro atoms. The fraction of sp³-hybridized carbons (Fsp3) is 0.466. The van der Waals surface area contributed by atoms with E-state index in [4.69, 9.17) is 18.9 Å². The van der Waals surface area contributed by atoms with E-state index in [0.717, 1.165) is 41.0 Å². The van der Waals surface area contributed by atoms with E-state index < -0.39 is 64.2 Å². The lowest BCUT2D eigenvalue weighted by Gasteiger charge is -2.35. The average molecular weight is 1160 g/mol. The second-order valence-corrected chi connectivity index (χ2v) is 21.9. The maximum Gasteiger partial charge on any atom is 0.417 e. The number of aromatic amines is 1. The molecular formula is C58H72F3N9O11S. The number of ether oxygens (including phenoxy) is 4. The number of aliphatic hydroxyl groups is 1. The average Bonchev–Trinajstić information content (AvgIpc) is 4.24. The van der Waals surface area contributed by atoms with Crippen molar-refractivity contribution < 1.29 is 61.2 Å². The van der Waals surface area contributed by atoms with Crippen molar-refractivity contribution in [2.45, 2.75) is 71.4 Å². The molecule has 5 amide bonds. The lowest BCUT2D eigenvalue weighted by Crippen LogP contribution is -2.57. The molecule has 20 nitrogen and oxygen atoms in total. The number of piperazine rings is 1. The molecule has 0 unspecified atom stereocenters. The summed E-state index contributed by atoms with van der Waals surface area (Å²) in [6, 6.07) is 18.4. The smallest absolute Gasteiger partial charge is 0.391 e. The number of aromatic nitrogens is 2. The van der Waals surface area contributed by atoms with Crippen molar-refractivity contribution in [3.63, 3.8) is 0 Å². The summed E-state index contributed by atoms with van der Waals surface area (Å²) in [7, 11) is 1.99.